The zero-order valence-corrected chi connectivity index (χ0v) is 10.9. The number of nitrogens with zero attached hydrogens (tertiary/aromatic N) is 3. The summed E-state index contributed by atoms with van der Waals surface area (Å²) in [7, 11) is 0. The third kappa shape index (κ3) is 2.69. The maximum absolute atomic E-state index is 6.07. The second-order valence-electron chi connectivity index (χ2n) is 4.04. The molecule has 0 radical (unpaired) electrons. The highest BCUT2D eigenvalue weighted by atomic mass is 32.1. The van der Waals surface area contributed by atoms with Crippen LogP contribution in [0.15, 0.2) is 46.4 Å². The van der Waals surface area contributed by atoms with Crippen molar-refractivity contribution in [3.8, 4) is 0 Å². The van der Waals surface area contributed by atoms with Gasteiger partial charge in [-0.15, -0.1) is 11.3 Å². The van der Waals surface area contributed by atoms with Crippen LogP contribution in [0.5, 0.6) is 0 Å². The minimum absolute atomic E-state index is 0.356. The highest BCUT2D eigenvalue weighted by Crippen LogP contribution is 2.22. The predicted molar refractivity (Wildman–Crippen MR) is 71.7 cm³/mol. The number of aromatic nitrogens is 3. The van der Waals surface area contributed by atoms with Crippen LogP contribution in [0, 0.1) is 0 Å². The summed E-state index contributed by atoms with van der Waals surface area (Å²) in [5.74, 6) is 1.04. The van der Waals surface area contributed by atoms with Crippen LogP contribution in [0.2, 0.25) is 0 Å². The lowest BCUT2D eigenvalue weighted by Crippen LogP contribution is -2.10. The van der Waals surface area contributed by atoms with Gasteiger partial charge in [0, 0.05) is 16.8 Å². The Morgan fingerprint density at radius 2 is 2.21 bits per heavy atom. The SMILES string of the molecule is NC(c1nc(Cc2ccccn2)no1)c1cccs1. The Morgan fingerprint density at radius 3 is 2.95 bits per heavy atom. The molecular formula is C13H12N4OS. The minimum atomic E-state index is -0.356. The molecule has 0 saturated heterocycles. The molecule has 0 fully saturated rings. The van der Waals surface area contributed by atoms with Crippen molar-refractivity contribution in [2.45, 2.75) is 12.5 Å². The molecule has 6 heteroatoms. The quantitative estimate of drug-likeness (QED) is 0.787. The molecule has 5 nitrogen and oxygen atoms in total. The molecule has 1 unspecified atom stereocenters. The Kier molecular flexibility index (Phi) is 3.35. The van der Waals surface area contributed by atoms with Gasteiger partial charge in [0.15, 0.2) is 5.82 Å². The maximum atomic E-state index is 6.07. The lowest BCUT2D eigenvalue weighted by atomic mass is 10.2. The maximum Gasteiger partial charge on any atom is 0.248 e. The Balaban J connectivity index is 1.76. The van der Waals surface area contributed by atoms with Gasteiger partial charge in [0.05, 0.1) is 6.42 Å². The summed E-state index contributed by atoms with van der Waals surface area (Å²) >= 11 is 1.57. The van der Waals surface area contributed by atoms with Gasteiger partial charge in [-0.25, -0.2) is 0 Å². The summed E-state index contributed by atoms with van der Waals surface area (Å²) in [6.07, 6.45) is 2.29. The topological polar surface area (TPSA) is 77.8 Å². The number of hydrogen-bond donors (Lipinski definition) is 1. The zero-order valence-electron chi connectivity index (χ0n) is 10.1. The van der Waals surface area contributed by atoms with E-state index in [2.05, 4.69) is 15.1 Å². The smallest absolute Gasteiger partial charge is 0.248 e. The number of nitrogens with two attached hydrogens (primary N) is 1. The van der Waals surface area contributed by atoms with Gasteiger partial charge in [-0.05, 0) is 23.6 Å². The monoisotopic (exact) mass is 272 g/mol. The van der Waals surface area contributed by atoms with Gasteiger partial charge in [0.25, 0.3) is 0 Å². The lowest BCUT2D eigenvalue weighted by Gasteiger charge is -2.01. The van der Waals surface area contributed by atoms with Crippen LogP contribution in [0.1, 0.15) is 28.3 Å². The zero-order chi connectivity index (χ0) is 13.1. The van der Waals surface area contributed by atoms with E-state index in [4.69, 9.17) is 10.3 Å². The molecule has 0 amide bonds. The number of thiophene rings is 1. The van der Waals surface area contributed by atoms with Crippen LogP contribution in [-0.2, 0) is 6.42 Å². The second-order valence-corrected chi connectivity index (χ2v) is 5.02. The van der Waals surface area contributed by atoms with Crippen molar-refractivity contribution in [2.75, 3.05) is 0 Å². The van der Waals surface area contributed by atoms with E-state index in [1.807, 2.05) is 35.7 Å². The van der Waals surface area contributed by atoms with E-state index in [1.165, 1.54) is 0 Å². The molecule has 1 atom stereocenters. The van der Waals surface area contributed by atoms with E-state index in [0.717, 1.165) is 10.6 Å². The van der Waals surface area contributed by atoms with E-state index < -0.39 is 0 Å². The summed E-state index contributed by atoms with van der Waals surface area (Å²) in [5.41, 5.74) is 6.97. The van der Waals surface area contributed by atoms with Gasteiger partial charge in [-0.2, -0.15) is 4.98 Å². The molecule has 3 aromatic rings. The van der Waals surface area contributed by atoms with Crippen molar-refractivity contribution < 1.29 is 4.52 Å². The van der Waals surface area contributed by atoms with Crippen molar-refractivity contribution >= 4 is 11.3 Å². The molecule has 0 aliphatic heterocycles. The van der Waals surface area contributed by atoms with E-state index in [1.54, 1.807) is 17.5 Å². The highest BCUT2D eigenvalue weighted by Gasteiger charge is 2.17. The molecular weight excluding hydrogens is 260 g/mol. The van der Waals surface area contributed by atoms with Crippen molar-refractivity contribution in [1.82, 2.24) is 15.1 Å². The standard InChI is InChI=1S/C13H12N4OS/c14-12(10-5-3-7-19-10)13-16-11(17-18-13)8-9-4-1-2-6-15-9/h1-7,12H,8,14H2. The number of hydrogen-bond acceptors (Lipinski definition) is 6. The van der Waals surface area contributed by atoms with Crippen molar-refractivity contribution in [3.05, 3.63) is 64.2 Å². The van der Waals surface area contributed by atoms with Crippen molar-refractivity contribution in [3.63, 3.8) is 0 Å². The fourth-order valence-electron chi connectivity index (χ4n) is 1.72. The van der Waals surface area contributed by atoms with E-state index >= 15 is 0 Å². The minimum Gasteiger partial charge on any atom is -0.337 e. The van der Waals surface area contributed by atoms with Gasteiger partial charge in [0.1, 0.15) is 6.04 Å². The summed E-state index contributed by atoms with van der Waals surface area (Å²) in [4.78, 5) is 9.56. The van der Waals surface area contributed by atoms with Gasteiger partial charge in [-0.3, -0.25) is 4.98 Å². The van der Waals surface area contributed by atoms with E-state index in [-0.39, 0.29) is 6.04 Å². The third-order valence-corrected chi connectivity index (χ3v) is 3.62. The van der Waals surface area contributed by atoms with Gasteiger partial charge in [-0.1, -0.05) is 17.3 Å². The fourth-order valence-corrected chi connectivity index (χ4v) is 2.44. The third-order valence-electron chi connectivity index (χ3n) is 2.66. The van der Waals surface area contributed by atoms with Crippen molar-refractivity contribution in [2.24, 2.45) is 5.73 Å². The van der Waals surface area contributed by atoms with E-state index in [0.29, 0.717) is 18.1 Å². The van der Waals surface area contributed by atoms with E-state index in [9.17, 15) is 0 Å². The molecule has 19 heavy (non-hydrogen) atoms. The first-order valence-electron chi connectivity index (χ1n) is 5.84. The lowest BCUT2D eigenvalue weighted by molar-refractivity contribution is 0.364. The molecule has 3 heterocycles. The van der Waals surface area contributed by atoms with Crippen LogP contribution < -0.4 is 5.73 Å². The molecule has 0 spiro atoms. The Bertz CT molecular complexity index is 636. The number of rotatable bonds is 4. The molecule has 96 valence electrons. The Hall–Kier alpha value is -2.05. The summed E-state index contributed by atoms with van der Waals surface area (Å²) in [6, 6.07) is 9.28. The normalized spacial score (nSPS) is 12.5. The molecule has 0 aromatic carbocycles. The van der Waals surface area contributed by atoms with Crippen molar-refractivity contribution in [1.29, 1.82) is 0 Å². The van der Waals surface area contributed by atoms with Crippen LogP contribution in [-0.4, -0.2) is 15.1 Å². The molecule has 0 saturated carbocycles. The highest BCUT2D eigenvalue weighted by molar-refractivity contribution is 7.10. The summed E-state index contributed by atoms with van der Waals surface area (Å²) in [5, 5.41) is 5.91. The van der Waals surface area contributed by atoms with Gasteiger partial charge < -0.3 is 10.3 Å². The van der Waals surface area contributed by atoms with Crippen LogP contribution in [0.4, 0.5) is 0 Å². The molecule has 0 bridgehead atoms. The van der Waals surface area contributed by atoms with Gasteiger partial charge in [0.2, 0.25) is 5.89 Å². The van der Waals surface area contributed by atoms with Crippen LogP contribution >= 0.6 is 11.3 Å². The first-order chi connectivity index (χ1) is 9.33. The first kappa shape index (κ1) is 12.0. The Labute approximate surface area is 114 Å². The molecule has 3 aromatic heterocycles. The molecule has 0 aliphatic rings. The van der Waals surface area contributed by atoms with Crippen LogP contribution in [0.3, 0.4) is 0 Å². The number of pyridine rings is 1. The Morgan fingerprint density at radius 1 is 1.26 bits per heavy atom. The fraction of sp³-hybridized carbons (Fsp3) is 0.154. The summed E-state index contributed by atoms with van der Waals surface area (Å²) < 4.78 is 5.22. The average molecular weight is 272 g/mol. The van der Waals surface area contributed by atoms with Gasteiger partial charge >= 0.3 is 0 Å². The molecule has 0 aliphatic carbocycles. The molecule has 2 N–H and O–H groups in total. The largest absolute Gasteiger partial charge is 0.337 e. The average Bonchev–Trinajstić information content (AvgIpc) is 3.10. The molecule has 3 rings (SSSR count). The summed E-state index contributed by atoms with van der Waals surface area (Å²) in [6.45, 7) is 0. The second kappa shape index (κ2) is 5.29. The van der Waals surface area contributed by atoms with Crippen LogP contribution in [0.25, 0.3) is 0 Å². The predicted octanol–water partition coefficient (Wildman–Crippen LogP) is 2.17. The first-order valence-corrected chi connectivity index (χ1v) is 6.72.